The second-order valence-electron chi connectivity index (χ2n) is 7.45. The first-order chi connectivity index (χ1) is 10.8. The number of carbonyl (C=O) groups is 1. The highest BCUT2D eigenvalue weighted by molar-refractivity contribution is 5.67. The Morgan fingerprint density at radius 2 is 2.13 bits per heavy atom. The number of aryl methyl sites for hydroxylation is 2. The molecule has 1 aromatic rings. The van der Waals surface area contributed by atoms with Crippen LogP contribution in [0.15, 0.2) is 18.2 Å². The van der Waals surface area contributed by atoms with Crippen LogP contribution in [0.2, 0.25) is 0 Å². The van der Waals surface area contributed by atoms with Gasteiger partial charge in [0.05, 0.1) is 0 Å². The van der Waals surface area contributed by atoms with Crippen LogP contribution in [0.3, 0.4) is 0 Å². The monoisotopic (exact) mass is 318 g/mol. The molecular weight excluding hydrogens is 288 g/mol. The number of hydrogen-bond donors (Lipinski definition) is 2. The van der Waals surface area contributed by atoms with Crippen LogP contribution in [0.4, 0.5) is 4.79 Å². The number of carbonyl (C=O) groups excluding carboxylic acids is 1. The van der Waals surface area contributed by atoms with E-state index in [1.807, 2.05) is 20.8 Å². The molecule has 4 heteroatoms. The first-order valence-electron chi connectivity index (χ1n) is 8.61. The van der Waals surface area contributed by atoms with E-state index in [0.29, 0.717) is 12.6 Å². The molecule has 23 heavy (non-hydrogen) atoms. The first kappa shape index (κ1) is 17.8. The average Bonchev–Trinajstić information content (AvgIpc) is 2.83. The van der Waals surface area contributed by atoms with Crippen molar-refractivity contribution in [2.45, 2.75) is 71.6 Å². The van der Waals surface area contributed by atoms with E-state index < -0.39 is 5.60 Å². The quantitative estimate of drug-likeness (QED) is 0.866. The molecule has 0 heterocycles. The Labute approximate surface area is 140 Å². The Kier molecular flexibility index (Phi) is 5.69. The molecule has 4 nitrogen and oxygen atoms in total. The Bertz CT molecular complexity index is 549. The van der Waals surface area contributed by atoms with Gasteiger partial charge in [-0.2, -0.15) is 0 Å². The fourth-order valence-electron chi connectivity index (χ4n) is 3.02. The highest BCUT2D eigenvalue weighted by Crippen LogP contribution is 2.32. The second-order valence-corrected chi connectivity index (χ2v) is 7.45. The zero-order valence-corrected chi connectivity index (χ0v) is 15.0. The highest BCUT2D eigenvalue weighted by atomic mass is 16.6. The summed E-state index contributed by atoms with van der Waals surface area (Å²) < 4.78 is 5.30. The van der Waals surface area contributed by atoms with Crippen LogP contribution in [0.5, 0.6) is 0 Å². The van der Waals surface area contributed by atoms with Crippen LogP contribution in [0, 0.1) is 6.92 Å². The summed E-state index contributed by atoms with van der Waals surface area (Å²) in [7, 11) is 0. The van der Waals surface area contributed by atoms with Gasteiger partial charge in [0.2, 0.25) is 0 Å². The van der Waals surface area contributed by atoms with Crippen molar-refractivity contribution in [3.05, 3.63) is 34.9 Å². The lowest BCUT2D eigenvalue weighted by Crippen LogP contribution is -2.43. The minimum absolute atomic E-state index is 0.249. The van der Waals surface area contributed by atoms with Crippen LogP contribution in [0.1, 0.15) is 63.3 Å². The lowest BCUT2D eigenvalue weighted by atomic mass is 10.0. The van der Waals surface area contributed by atoms with Gasteiger partial charge in [0, 0.05) is 18.6 Å². The Balaban J connectivity index is 1.89. The predicted octanol–water partition coefficient (Wildman–Crippen LogP) is 3.88. The van der Waals surface area contributed by atoms with Gasteiger partial charge in [0.15, 0.2) is 0 Å². The van der Waals surface area contributed by atoms with Gasteiger partial charge in [0.25, 0.3) is 0 Å². The van der Waals surface area contributed by atoms with E-state index in [4.69, 9.17) is 4.74 Å². The summed E-state index contributed by atoms with van der Waals surface area (Å²) in [6.07, 6.45) is 2.87. The van der Waals surface area contributed by atoms with Crippen molar-refractivity contribution in [2.75, 3.05) is 6.54 Å². The first-order valence-corrected chi connectivity index (χ1v) is 8.61. The largest absolute Gasteiger partial charge is 0.444 e. The summed E-state index contributed by atoms with van der Waals surface area (Å²) in [6.45, 7) is 10.5. The van der Waals surface area contributed by atoms with Crippen molar-refractivity contribution in [3.63, 3.8) is 0 Å². The molecule has 0 aliphatic heterocycles. The van der Waals surface area contributed by atoms with Gasteiger partial charge < -0.3 is 15.4 Å². The number of hydrogen-bond acceptors (Lipinski definition) is 3. The average molecular weight is 318 g/mol. The van der Waals surface area contributed by atoms with Crippen molar-refractivity contribution in [3.8, 4) is 0 Å². The summed E-state index contributed by atoms with van der Waals surface area (Å²) in [6, 6.07) is 7.34. The van der Waals surface area contributed by atoms with Crippen LogP contribution >= 0.6 is 0 Å². The molecule has 0 saturated carbocycles. The van der Waals surface area contributed by atoms with Gasteiger partial charge in [-0.15, -0.1) is 0 Å². The molecule has 1 aromatic carbocycles. The van der Waals surface area contributed by atoms with Crippen molar-refractivity contribution in [2.24, 2.45) is 0 Å². The number of alkyl carbamates (subject to hydrolysis) is 1. The molecule has 2 atom stereocenters. The van der Waals surface area contributed by atoms with Gasteiger partial charge in [-0.25, -0.2) is 4.79 Å². The van der Waals surface area contributed by atoms with Crippen molar-refractivity contribution in [1.82, 2.24) is 10.6 Å². The van der Waals surface area contributed by atoms with E-state index in [2.05, 4.69) is 42.7 Å². The van der Waals surface area contributed by atoms with E-state index in [1.165, 1.54) is 16.7 Å². The summed E-state index contributed by atoms with van der Waals surface area (Å²) in [5.74, 6) is 0. The van der Waals surface area contributed by atoms with Crippen LogP contribution in [-0.2, 0) is 11.2 Å². The maximum absolute atomic E-state index is 11.8. The molecule has 2 rings (SSSR count). The van der Waals surface area contributed by atoms with Gasteiger partial charge in [-0.3, -0.25) is 0 Å². The van der Waals surface area contributed by atoms with E-state index >= 15 is 0 Å². The third-order valence-electron chi connectivity index (χ3n) is 4.20. The zero-order chi connectivity index (χ0) is 17.0. The normalized spacial score (nSPS) is 18.4. The van der Waals surface area contributed by atoms with Gasteiger partial charge in [-0.05, 0) is 58.1 Å². The molecule has 0 bridgehead atoms. The Morgan fingerprint density at radius 3 is 2.78 bits per heavy atom. The van der Waals surface area contributed by atoms with E-state index in [-0.39, 0.29) is 12.1 Å². The summed E-state index contributed by atoms with van der Waals surface area (Å²) in [4.78, 5) is 11.8. The topological polar surface area (TPSA) is 50.4 Å². The molecule has 0 fully saturated rings. The van der Waals surface area contributed by atoms with Gasteiger partial charge in [-0.1, -0.05) is 30.7 Å². The molecule has 0 radical (unpaired) electrons. The third-order valence-corrected chi connectivity index (χ3v) is 4.20. The standard InChI is InChI=1S/C19H30N2O2/c1-6-15(12-20-18(22)23-19(3,4)5)21-17-10-9-14-8-7-13(2)11-16(14)17/h7-8,11,15,17,21H,6,9-10,12H2,1-5H3,(H,20,22). The second kappa shape index (κ2) is 7.35. The number of fused-ring (bicyclic) bond motifs is 1. The molecule has 128 valence electrons. The lowest BCUT2D eigenvalue weighted by Gasteiger charge is -2.25. The van der Waals surface area contributed by atoms with Crippen LogP contribution in [-0.4, -0.2) is 24.3 Å². The minimum Gasteiger partial charge on any atom is -0.444 e. The van der Waals surface area contributed by atoms with Gasteiger partial charge >= 0.3 is 6.09 Å². The molecule has 1 aliphatic rings. The maximum atomic E-state index is 11.8. The Hall–Kier alpha value is -1.55. The fraction of sp³-hybridized carbons (Fsp3) is 0.632. The molecule has 0 spiro atoms. The lowest BCUT2D eigenvalue weighted by molar-refractivity contribution is 0.0521. The van der Waals surface area contributed by atoms with Crippen LogP contribution in [0.25, 0.3) is 0 Å². The smallest absolute Gasteiger partial charge is 0.407 e. The van der Waals surface area contributed by atoms with E-state index in [0.717, 1.165) is 19.3 Å². The summed E-state index contributed by atoms with van der Waals surface area (Å²) in [5, 5.41) is 6.57. The SMILES string of the molecule is CCC(CNC(=O)OC(C)(C)C)NC1CCc2ccc(C)cc21. The number of benzene rings is 1. The molecule has 1 amide bonds. The molecule has 2 N–H and O–H groups in total. The molecule has 1 aliphatic carbocycles. The number of rotatable bonds is 5. The zero-order valence-electron chi connectivity index (χ0n) is 15.0. The summed E-state index contributed by atoms with van der Waals surface area (Å²) in [5.41, 5.74) is 3.71. The number of ether oxygens (including phenoxy) is 1. The summed E-state index contributed by atoms with van der Waals surface area (Å²) >= 11 is 0. The Morgan fingerprint density at radius 1 is 1.39 bits per heavy atom. The molecule has 0 aromatic heterocycles. The van der Waals surface area contributed by atoms with Crippen molar-refractivity contribution < 1.29 is 9.53 Å². The predicted molar refractivity (Wildman–Crippen MR) is 93.7 cm³/mol. The molecular formula is C19H30N2O2. The van der Waals surface area contributed by atoms with Gasteiger partial charge in [0.1, 0.15) is 5.60 Å². The number of nitrogens with one attached hydrogen (secondary N) is 2. The van der Waals surface area contributed by atoms with Crippen LogP contribution < -0.4 is 10.6 Å². The molecule has 2 unspecified atom stereocenters. The van der Waals surface area contributed by atoms with Crippen molar-refractivity contribution in [1.29, 1.82) is 0 Å². The molecule has 0 saturated heterocycles. The minimum atomic E-state index is -0.457. The van der Waals surface area contributed by atoms with E-state index in [1.54, 1.807) is 0 Å². The highest BCUT2D eigenvalue weighted by Gasteiger charge is 2.25. The fourth-order valence-corrected chi connectivity index (χ4v) is 3.02. The maximum Gasteiger partial charge on any atom is 0.407 e. The van der Waals surface area contributed by atoms with Crippen molar-refractivity contribution >= 4 is 6.09 Å². The van der Waals surface area contributed by atoms with E-state index in [9.17, 15) is 4.79 Å². The third kappa shape index (κ3) is 5.24. The number of amides is 1.